The molecule has 116 valence electrons. The van der Waals surface area contributed by atoms with Crippen molar-refractivity contribution in [1.29, 1.82) is 0 Å². The molecule has 4 nitrogen and oxygen atoms in total. The minimum Gasteiger partial charge on any atom is -0.366 e. The molecule has 0 fully saturated rings. The number of hydrogen-bond donors (Lipinski definition) is 1. The summed E-state index contributed by atoms with van der Waals surface area (Å²) in [4.78, 5) is 11.4. The first kappa shape index (κ1) is 14.2. The molecule has 0 aliphatic heterocycles. The summed E-state index contributed by atoms with van der Waals surface area (Å²) in [6.07, 6.45) is 0. The summed E-state index contributed by atoms with van der Waals surface area (Å²) in [6, 6.07) is 23.3. The maximum atomic E-state index is 11.4. The summed E-state index contributed by atoms with van der Waals surface area (Å²) in [5.74, 6) is 0.163. The zero-order valence-electron chi connectivity index (χ0n) is 12.8. The fourth-order valence-electron chi connectivity index (χ4n) is 2.75. The number of amides is 1. The van der Waals surface area contributed by atoms with Crippen molar-refractivity contribution in [3.63, 3.8) is 0 Å². The first-order valence-electron chi connectivity index (χ1n) is 7.57. The van der Waals surface area contributed by atoms with E-state index >= 15 is 0 Å². The van der Waals surface area contributed by atoms with Crippen LogP contribution in [0.25, 0.3) is 33.4 Å². The molecule has 0 spiro atoms. The van der Waals surface area contributed by atoms with Gasteiger partial charge in [0.2, 0.25) is 5.91 Å². The highest BCUT2D eigenvalue weighted by Gasteiger charge is 2.13. The number of aromatic nitrogens is 1. The van der Waals surface area contributed by atoms with Crippen molar-refractivity contribution in [2.75, 3.05) is 0 Å². The summed E-state index contributed by atoms with van der Waals surface area (Å²) in [5, 5.41) is 4.83. The number of fused-ring (bicyclic) bond motifs is 1. The van der Waals surface area contributed by atoms with Gasteiger partial charge in [-0.2, -0.15) is 0 Å². The number of hydrogen-bond acceptors (Lipinski definition) is 3. The van der Waals surface area contributed by atoms with Crippen molar-refractivity contribution in [2.24, 2.45) is 5.73 Å². The largest absolute Gasteiger partial charge is 0.366 e. The summed E-state index contributed by atoms with van der Waals surface area (Å²) in [5.41, 5.74) is 9.67. The van der Waals surface area contributed by atoms with Gasteiger partial charge >= 0.3 is 0 Å². The molecule has 0 bridgehead atoms. The van der Waals surface area contributed by atoms with Crippen molar-refractivity contribution in [3.8, 4) is 22.5 Å². The predicted molar refractivity (Wildman–Crippen MR) is 93.4 cm³/mol. The van der Waals surface area contributed by atoms with Gasteiger partial charge in [-0.25, -0.2) is 0 Å². The van der Waals surface area contributed by atoms with Crippen LogP contribution in [0.15, 0.2) is 77.3 Å². The lowest BCUT2D eigenvalue weighted by Crippen LogP contribution is -2.10. The summed E-state index contributed by atoms with van der Waals surface area (Å²) in [7, 11) is 0. The number of benzene rings is 3. The van der Waals surface area contributed by atoms with E-state index in [0.29, 0.717) is 16.8 Å². The Bertz CT molecular complexity index is 1020. The lowest BCUT2D eigenvalue weighted by Gasteiger charge is -2.03. The second-order valence-electron chi connectivity index (χ2n) is 5.55. The Morgan fingerprint density at radius 1 is 0.833 bits per heavy atom. The van der Waals surface area contributed by atoms with Gasteiger partial charge in [0.25, 0.3) is 0 Å². The second kappa shape index (κ2) is 5.66. The van der Waals surface area contributed by atoms with Crippen LogP contribution in [-0.4, -0.2) is 11.1 Å². The Hall–Kier alpha value is -3.40. The molecule has 0 aliphatic rings. The van der Waals surface area contributed by atoms with Gasteiger partial charge in [0.1, 0.15) is 5.52 Å². The van der Waals surface area contributed by atoms with Crippen molar-refractivity contribution in [1.82, 2.24) is 5.16 Å². The van der Waals surface area contributed by atoms with Gasteiger partial charge in [0, 0.05) is 11.1 Å². The van der Waals surface area contributed by atoms with Crippen molar-refractivity contribution < 1.29 is 9.32 Å². The van der Waals surface area contributed by atoms with Crippen LogP contribution in [0.5, 0.6) is 0 Å². The Morgan fingerprint density at radius 3 is 2.21 bits per heavy atom. The van der Waals surface area contributed by atoms with Crippen LogP contribution in [0.4, 0.5) is 0 Å². The van der Waals surface area contributed by atoms with Gasteiger partial charge in [-0.3, -0.25) is 4.79 Å². The highest BCUT2D eigenvalue weighted by molar-refractivity contribution is 6.00. The zero-order chi connectivity index (χ0) is 16.5. The van der Waals surface area contributed by atoms with E-state index in [1.54, 1.807) is 18.2 Å². The van der Waals surface area contributed by atoms with Crippen molar-refractivity contribution in [3.05, 3.63) is 78.4 Å². The predicted octanol–water partition coefficient (Wildman–Crippen LogP) is 4.26. The molecule has 0 aliphatic carbocycles. The second-order valence-corrected chi connectivity index (χ2v) is 5.55. The van der Waals surface area contributed by atoms with E-state index in [-0.39, 0.29) is 0 Å². The Morgan fingerprint density at radius 2 is 1.50 bits per heavy atom. The van der Waals surface area contributed by atoms with E-state index in [2.05, 4.69) is 17.3 Å². The molecular formula is C20H14N2O2. The number of primary amides is 1. The van der Waals surface area contributed by atoms with Crippen LogP contribution >= 0.6 is 0 Å². The third kappa shape index (κ3) is 2.44. The summed E-state index contributed by atoms with van der Waals surface area (Å²) >= 11 is 0. The minimum absolute atomic E-state index is 0.438. The Kier molecular flexibility index (Phi) is 3.35. The highest BCUT2D eigenvalue weighted by atomic mass is 16.5. The van der Waals surface area contributed by atoms with Crippen LogP contribution in [0, 0.1) is 0 Å². The Labute approximate surface area is 138 Å². The normalized spacial score (nSPS) is 10.8. The SMILES string of the molecule is NC(=O)c1ccc2noc(-c3ccc(-c4ccccc4)cc3)c2c1. The molecule has 0 unspecified atom stereocenters. The topological polar surface area (TPSA) is 69.1 Å². The van der Waals surface area contributed by atoms with E-state index in [1.807, 2.05) is 42.5 Å². The molecule has 2 N–H and O–H groups in total. The van der Waals surface area contributed by atoms with Crippen molar-refractivity contribution in [2.45, 2.75) is 0 Å². The molecule has 4 rings (SSSR count). The number of rotatable bonds is 3. The first-order chi connectivity index (χ1) is 11.7. The van der Waals surface area contributed by atoms with Gasteiger partial charge in [0.05, 0.1) is 5.39 Å². The maximum Gasteiger partial charge on any atom is 0.248 e. The van der Waals surface area contributed by atoms with Crippen LogP contribution in [0.3, 0.4) is 0 Å². The zero-order valence-corrected chi connectivity index (χ0v) is 12.8. The van der Waals surface area contributed by atoms with Gasteiger partial charge in [-0.15, -0.1) is 0 Å². The van der Waals surface area contributed by atoms with Gasteiger partial charge in [-0.05, 0) is 29.3 Å². The standard InChI is InChI=1S/C20H14N2O2/c21-20(23)16-10-11-18-17(12-16)19(24-22-18)15-8-6-14(7-9-15)13-4-2-1-3-5-13/h1-12H,(H2,21,23). The highest BCUT2D eigenvalue weighted by Crippen LogP contribution is 2.31. The smallest absolute Gasteiger partial charge is 0.248 e. The quantitative estimate of drug-likeness (QED) is 0.614. The number of nitrogens with two attached hydrogens (primary N) is 1. The van der Waals surface area contributed by atoms with Crippen LogP contribution < -0.4 is 5.73 Å². The van der Waals surface area contributed by atoms with Gasteiger partial charge in [-0.1, -0.05) is 59.8 Å². The number of carbonyl (C=O) groups is 1. The third-order valence-corrected chi connectivity index (χ3v) is 4.02. The molecule has 0 saturated carbocycles. The van der Waals surface area contributed by atoms with Gasteiger partial charge < -0.3 is 10.3 Å². The molecule has 4 heteroatoms. The average molecular weight is 314 g/mol. The molecule has 1 aromatic heterocycles. The molecule has 0 radical (unpaired) electrons. The van der Waals surface area contributed by atoms with E-state index in [4.69, 9.17) is 10.3 Å². The molecule has 0 saturated heterocycles. The molecule has 1 amide bonds. The number of carbonyl (C=O) groups excluding carboxylic acids is 1. The molecular weight excluding hydrogens is 300 g/mol. The summed E-state index contributed by atoms with van der Waals surface area (Å²) < 4.78 is 5.48. The van der Waals surface area contributed by atoms with Gasteiger partial charge in [0.15, 0.2) is 5.76 Å². The van der Waals surface area contributed by atoms with E-state index in [0.717, 1.165) is 22.1 Å². The minimum atomic E-state index is -0.469. The van der Waals surface area contributed by atoms with Crippen LogP contribution in [0.1, 0.15) is 10.4 Å². The fourth-order valence-corrected chi connectivity index (χ4v) is 2.75. The average Bonchev–Trinajstić information content (AvgIpc) is 3.06. The monoisotopic (exact) mass is 314 g/mol. The van der Waals surface area contributed by atoms with Crippen LogP contribution in [-0.2, 0) is 0 Å². The van der Waals surface area contributed by atoms with Crippen molar-refractivity contribution >= 4 is 16.8 Å². The first-order valence-corrected chi connectivity index (χ1v) is 7.57. The number of nitrogens with zero attached hydrogens (tertiary/aromatic N) is 1. The molecule has 4 aromatic rings. The molecule has 0 atom stereocenters. The Balaban J connectivity index is 1.77. The van der Waals surface area contributed by atoms with E-state index < -0.39 is 5.91 Å². The lowest BCUT2D eigenvalue weighted by atomic mass is 10.0. The van der Waals surface area contributed by atoms with Crippen LogP contribution in [0.2, 0.25) is 0 Å². The van der Waals surface area contributed by atoms with E-state index in [1.165, 1.54) is 0 Å². The molecule has 24 heavy (non-hydrogen) atoms. The third-order valence-electron chi connectivity index (χ3n) is 4.02. The summed E-state index contributed by atoms with van der Waals surface area (Å²) in [6.45, 7) is 0. The van der Waals surface area contributed by atoms with E-state index in [9.17, 15) is 4.79 Å². The maximum absolute atomic E-state index is 11.4. The lowest BCUT2D eigenvalue weighted by molar-refractivity contribution is 0.100. The molecule has 1 heterocycles. The molecule has 3 aromatic carbocycles. The fraction of sp³-hybridized carbons (Fsp3) is 0.